The molecule has 1 aliphatic heterocycles. The number of aryl methyl sites for hydroxylation is 1. The highest BCUT2D eigenvalue weighted by Gasteiger charge is 2.19. The third kappa shape index (κ3) is 2.32. The van der Waals surface area contributed by atoms with Gasteiger partial charge in [0.05, 0.1) is 5.69 Å². The summed E-state index contributed by atoms with van der Waals surface area (Å²) in [5, 5.41) is 0. The number of halogens is 1. The van der Waals surface area contributed by atoms with Crippen molar-refractivity contribution in [3.63, 3.8) is 0 Å². The predicted octanol–water partition coefficient (Wildman–Crippen LogP) is 3.30. The van der Waals surface area contributed by atoms with Gasteiger partial charge in [-0.15, -0.1) is 0 Å². The molecule has 1 aromatic heterocycles. The van der Waals surface area contributed by atoms with Gasteiger partial charge in [-0.2, -0.15) is 0 Å². The lowest BCUT2D eigenvalue weighted by Gasteiger charge is -2.30. The van der Waals surface area contributed by atoms with Crippen LogP contribution >= 0.6 is 15.9 Å². The van der Waals surface area contributed by atoms with Gasteiger partial charge in [-0.05, 0) is 58.6 Å². The summed E-state index contributed by atoms with van der Waals surface area (Å²) >= 11 is 3.49. The molecule has 2 aromatic rings. The molecule has 0 unspecified atom stereocenters. The summed E-state index contributed by atoms with van der Waals surface area (Å²) in [5.41, 5.74) is 10.6. The number of fused-ring (bicyclic) bond motifs is 1. The number of rotatable bonds is 1. The summed E-state index contributed by atoms with van der Waals surface area (Å²) in [6.07, 6.45) is 0.985. The summed E-state index contributed by atoms with van der Waals surface area (Å²) in [5.74, 6) is 1.04. The van der Waals surface area contributed by atoms with Gasteiger partial charge in [0.25, 0.3) is 0 Å². The van der Waals surface area contributed by atoms with Crippen molar-refractivity contribution in [3.05, 3.63) is 51.6 Å². The number of nitrogens with two attached hydrogens (primary N) is 1. The van der Waals surface area contributed by atoms with Crippen LogP contribution in [0.25, 0.3) is 0 Å². The SMILES string of the molecule is Cc1nc(N2CCc3c(N)cccc3C2)ccc1Br. The second-order valence-electron chi connectivity index (χ2n) is 4.89. The Labute approximate surface area is 121 Å². The molecule has 3 nitrogen and oxygen atoms in total. The van der Waals surface area contributed by atoms with Crippen LogP contribution in [0.5, 0.6) is 0 Å². The Morgan fingerprint density at radius 2 is 2.11 bits per heavy atom. The van der Waals surface area contributed by atoms with Crippen molar-refractivity contribution in [1.82, 2.24) is 4.98 Å². The Morgan fingerprint density at radius 3 is 2.89 bits per heavy atom. The third-order valence-corrected chi connectivity index (χ3v) is 4.47. The summed E-state index contributed by atoms with van der Waals surface area (Å²) in [7, 11) is 0. The van der Waals surface area contributed by atoms with Gasteiger partial charge in [0.15, 0.2) is 0 Å². The molecule has 19 heavy (non-hydrogen) atoms. The molecule has 98 valence electrons. The van der Waals surface area contributed by atoms with Gasteiger partial charge in [0.1, 0.15) is 5.82 Å². The van der Waals surface area contributed by atoms with Gasteiger partial charge in [0, 0.05) is 23.2 Å². The minimum Gasteiger partial charge on any atom is -0.398 e. The van der Waals surface area contributed by atoms with Crippen molar-refractivity contribution in [2.75, 3.05) is 17.2 Å². The summed E-state index contributed by atoms with van der Waals surface area (Å²) in [4.78, 5) is 6.95. The van der Waals surface area contributed by atoms with E-state index in [1.54, 1.807) is 0 Å². The monoisotopic (exact) mass is 317 g/mol. The van der Waals surface area contributed by atoms with Gasteiger partial charge in [-0.1, -0.05) is 12.1 Å². The number of hydrogen-bond donors (Lipinski definition) is 1. The van der Waals surface area contributed by atoms with Gasteiger partial charge in [-0.25, -0.2) is 4.98 Å². The lowest BCUT2D eigenvalue weighted by molar-refractivity contribution is 0.721. The minimum atomic E-state index is 0.883. The minimum absolute atomic E-state index is 0.883. The van der Waals surface area contributed by atoms with Crippen LogP contribution in [0.3, 0.4) is 0 Å². The number of pyridine rings is 1. The van der Waals surface area contributed by atoms with Crippen molar-refractivity contribution in [2.45, 2.75) is 19.9 Å². The number of aromatic nitrogens is 1. The molecule has 0 saturated carbocycles. The Hall–Kier alpha value is -1.55. The van der Waals surface area contributed by atoms with Crippen LogP contribution in [0.2, 0.25) is 0 Å². The summed E-state index contributed by atoms with van der Waals surface area (Å²) < 4.78 is 1.05. The Morgan fingerprint density at radius 1 is 1.26 bits per heavy atom. The second kappa shape index (κ2) is 4.85. The van der Waals surface area contributed by atoms with Crippen molar-refractivity contribution in [3.8, 4) is 0 Å². The molecule has 1 aliphatic rings. The molecular weight excluding hydrogens is 302 g/mol. The van der Waals surface area contributed by atoms with E-state index in [1.165, 1.54) is 11.1 Å². The molecule has 0 spiro atoms. The summed E-state index contributed by atoms with van der Waals surface area (Å²) in [6, 6.07) is 10.3. The van der Waals surface area contributed by atoms with Gasteiger partial charge in [-0.3, -0.25) is 0 Å². The predicted molar refractivity (Wildman–Crippen MR) is 82.3 cm³/mol. The van der Waals surface area contributed by atoms with Crippen LogP contribution in [-0.2, 0) is 13.0 Å². The van der Waals surface area contributed by atoms with E-state index in [0.29, 0.717) is 0 Å². The van der Waals surface area contributed by atoms with Crippen molar-refractivity contribution < 1.29 is 0 Å². The zero-order chi connectivity index (χ0) is 13.4. The Balaban J connectivity index is 1.91. The quantitative estimate of drug-likeness (QED) is 0.821. The van der Waals surface area contributed by atoms with E-state index >= 15 is 0 Å². The number of nitrogens with zero attached hydrogens (tertiary/aromatic N) is 2. The fraction of sp³-hybridized carbons (Fsp3) is 0.267. The maximum absolute atomic E-state index is 6.03. The van der Waals surface area contributed by atoms with E-state index in [0.717, 1.165) is 41.2 Å². The number of nitrogen functional groups attached to an aromatic ring is 1. The van der Waals surface area contributed by atoms with E-state index < -0.39 is 0 Å². The molecule has 0 radical (unpaired) electrons. The molecule has 0 amide bonds. The first-order valence-corrected chi connectivity index (χ1v) is 7.19. The van der Waals surface area contributed by atoms with Crippen LogP contribution in [0.4, 0.5) is 11.5 Å². The van der Waals surface area contributed by atoms with Crippen LogP contribution < -0.4 is 10.6 Å². The van der Waals surface area contributed by atoms with E-state index in [2.05, 4.69) is 44.0 Å². The molecule has 0 saturated heterocycles. The zero-order valence-corrected chi connectivity index (χ0v) is 12.4. The van der Waals surface area contributed by atoms with Crippen LogP contribution in [-0.4, -0.2) is 11.5 Å². The van der Waals surface area contributed by atoms with Crippen molar-refractivity contribution >= 4 is 27.4 Å². The van der Waals surface area contributed by atoms with Gasteiger partial charge in [0.2, 0.25) is 0 Å². The number of anilines is 2. The number of hydrogen-bond acceptors (Lipinski definition) is 3. The zero-order valence-electron chi connectivity index (χ0n) is 10.9. The first-order chi connectivity index (χ1) is 9.15. The lowest BCUT2D eigenvalue weighted by Crippen LogP contribution is -2.31. The maximum atomic E-state index is 6.03. The molecule has 3 rings (SSSR count). The van der Waals surface area contributed by atoms with Crippen LogP contribution in [0.15, 0.2) is 34.8 Å². The lowest BCUT2D eigenvalue weighted by atomic mass is 9.98. The fourth-order valence-electron chi connectivity index (χ4n) is 2.54. The topological polar surface area (TPSA) is 42.2 Å². The van der Waals surface area contributed by atoms with Gasteiger partial charge >= 0.3 is 0 Å². The standard InChI is InChI=1S/C15H16BrN3/c1-10-13(16)5-6-15(18-10)19-8-7-12-11(9-19)3-2-4-14(12)17/h2-6H,7-9,17H2,1H3. The molecule has 4 heteroatoms. The molecular formula is C15H16BrN3. The second-order valence-corrected chi connectivity index (χ2v) is 5.75. The van der Waals surface area contributed by atoms with Crippen molar-refractivity contribution in [2.24, 2.45) is 0 Å². The normalized spacial score (nSPS) is 14.3. The van der Waals surface area contributed by atoms with E-state index in [9.17, 15) is 0 Å². The highest BCUT2D eigenvalue weighted by molar-refractivity contribution is 9.10. The van der Waals surface area contributed by atoms with Crippen LogP contribution in [0.1, 0.15) is 16.8 Å². The molecule has 0 aliphatic carbocycles. The van der Waals surface area contributed by atoms with Crippen LogP contribution in [0, 0.1) is 6.92 Å². The summed E-state index contributed by atoms with van der Waals surface area (Å²) in [6.45, 7) is 3.87. The smallest absolute Gasteiger partial charge is 0.129 e. The number of benzene rings is 1. The van der Waals surface area contributed by atoms with Gasteiger partial charge < -0.3 is 10.6 Å². The largest absolute Gasteiger partial charge is 0.398 e. The van der Waals surface area contributed by atoms with E-state index in [-0.39, 0.29) is 0 Å². The van der Waals surface area contributed by atoms with Crippen molar-refractivity contribution in [1.29, 1.82) is 0 Å². The Bertz CT molecular complexity index is 625. The average Bonchev–Trinajstić information content (AvgIpc) is 2.42. The maximum Gasteiger partial charge on any atom is 0.129 e. The highest BCUT2D eigenvalue weighted by Crippen LogP contribution is 2.27. The average molecular weight is 318 g/mol. The molecule has 2 heterocycles. The third-order valence-electron chi connectivity index (χ3n) is 3.63. The van der Waals surface area contributed by atoms with E-state index in [1.807, 2.05) is 19.1 Å². The first kappa shape index (κ1) is 12.5. The molecule has 0 fully saturated rings. The molecule has 1 aromatic carbocycles. The molecule has 2 N–H and O–H groups in total. The fourth-order valence-corrected chi connectivity index (χ4v) is 2.76. The molecule has 0 bridgehead atoms. The molecule has 0 atom stereocenters. The Kier molecular flexibility index (Phi) is 3.19. The highest BCUT2D eigenvalue weighted by atomic mass is 79.9. The van der Waals surface area contributed by atoms with E-state index in [4.69, 9.17) is 5.73 Å². The first-order valence-electron chi connectivity index (χ1n) is 6.39.